The highest BCUT2D eigenvalue weighted by molar-refractivity contribution is 5.94. The van der Waals surface area contributed by atoms with Crippen molar-refractivity contribution in [1.82, 2.24) is 4.90 Å². The van der Waals surface area contributed by atoms with E-state index in [9.17, 15) is 9.18 Å². The molecular formula is C17H22FNO. The summed E-state index contributed by atoms with van der Waals surface area (Å²) in [5.41, 5.74) is 2.65. The molecule has 0 radical (unpaired) electrons. The quantitative estimate of drug-likeness (QED) is 0.711. The Balaban J connectivity index is 2.12. The van der Waals surface area contributed by atoms with Crippen molar-refractivity contribution in [3.05, 3.63) is 46.8 Å². The van der Waals surface area contributed by atoms with Crippen molar-refractivity contribution < 1.29 is 9.18 Å². The molecule has 3 heteroatoms. The van der Waals surface area contributed by atoms with E-state index in [-0.39, 0.29) is 17.1 Å². The third-order valence-corrected chi connectivity index (χ3v) is 3.86. The summed E-state index contributed by atoms with van der Waals surface area (Å²) in [7, 11) is 0. The van der Waals surface area contributed by atoms with Crippen molar-refractivity contribution in [2.75, 3.05) is 13.1 Å². The molecule has 2 rings (SSSR count). The summed E-state index contributed by atoms with van der Waals surface area (Å²) >= 11 is 0. The van der Waals surface area contributed by atoms with Gasteiger partial charge in [-0.25, -0.2) is 4.39 Å². The Morgan fingerprint density at radius 1 is 1.30 bits per heavy atom. The van der Waals surface area contributed by atoms with E-state index in [1.54, 1.807) is 19.1 Å². The fourth-order valence-electron chi connectivity index (χ4n) is 2.50. The second kappa shape index (κ2) is 5.39. The summed E-state index contributed by atoms with van der Waals surface area (Å²) in [6.07, 6.45) is 3.06. The zero-order chi connectivity index (χ0) is 14.9. The number of nitrogens with zero attached hydrogens (tertiary/aromatic N) is 1. The average molecular weight is 275 g/mol. The van der Waals surface area contributed by atoms with Crippen LogP contribution in [0.1, 0.15) is 43.1 Å². The predicted molar refractivity (Wildman–Crippen MR) is 79.2 cm³/mol. The first kappa shape index (κ1) is 14.8. The van der Waals surface area contributed by atoms with Gasteiger partial charge in [-0.2, -0.15) is 0 Å². The maximum atomic E-state index is 13.3. The van der Waals surface area contributed by atoms with Gasteiger partial charge in [0.2, 0.25) is 0 Å². The number of carbonyl (C=O) groups excluding carboxylic acids is 1. The van der Waals surface area contributed by atoms with Gasteiger partial charge in [0.1, 0.15) is 5.82 Å². The van der Waals surface area contributed by atoms with Gasteiger partial charge in [-0.1, -0.05) is 32.4 Å². The third-order valence-electron chi connectivity index (χ3n) is 3.86. The molecule has 0 aromatic heterocycles. The van der Waals surface area contributed by atoms with Crippen molar-refractivity contribution in [3.8, 4) is 0 Å². The van der Waals surface area contributed by atoms with Crippen LogP contribution in [0.3, 0.4) is 0 Å². The fourth-order valence-corrected chi connectivity index (χ4v) is 2.50. The molecule has 0 spiro atoms. The van der Waals surface area contributed by atoms with E-state index in [0.717, 1.165) is 13.0 Å². The minimum Gasteiger partial charge on any atom is -0.335 e. The molecule has 2 nitrogen and oxygen atoms in total. The molecule has 0 atom stereocenters. The molecule has 1 aliphatic heterocycles. The van der Waals surface area contributed by atoms with Gasteiger partial charge in [-0.05, 0) is 42.5 Å². The molecule has 1 aromatic carbocycles. The summed E-state index contributed by atoms with van der Waals surface area (Å²) in [5.74, 6) is -0.285. The Morgan fingerprint density at radius 2 is 2.00 bits per heavy atom. The zero-order valence-corrected chi connectivity index (χ0v) is 12.7. The molecule has 1 aliphatic rings. The van der Waals surface area contributed by atoms with E-state index >= 15 is 0 Å². The number of carbonyl (C=O) groups is 1. The van der Waals surface area contributed by atoms with Crippen LogP contribution in [-0.2, 0) is 0 Å². The number of halogens is 1. The van der Waals surface area contributed by atoms with Crippen LogP contribution in [0.4, 0.5) is 4.39 Å². The molecular weight excluding hydrogens is 253 g/mol. The van der Waals surface area contributed by atoms with Gasteiger partial charge in [0.05, 0.1) is 0 Å². The molecule has 108 valence electrons. The number of amides is 1. The van der Waals surface area contributed by atoms with Crippen LogP contribution in [0.5, 0.6) is 0 Å². The lowest BCUT2D eigenvalue weighted by atomic mass is 9.83. The summed E-state index contributed by atoms with van der Waals surface area (Å²) in [5, 5.41) is 0. The van der Waals surface area contributed by atoms with Crippen molar-refractivity contribution in [3.63, 3.8) is 0 Å². The van der Waals surface area contributed by atoms with Crippen LogP contribution >= 0.6 is 0 Å². The molecule has 0 unspecified atom stereocenters. The highest BCUT2D eigenvalue weighted by Crippen LogP contribution is 2.30. The largest absolute Gasteiger partial charge is 0.335 e. The molecule has 20 heavy (non-hydrogen) atoms. The SMILES string of the molecule is Cc1cc(C(=O)N2CC=C(C(C)(C)C)CC2)ccc1F. The van der Waals surface area contributed by atoms with Crippen molar-refractivity contribution in [2.24, 2.45) is 5.41 Å². The summed E-state index contributed by atoms with van der Waals surface area (Å²) in [4.78, 5) is 14.2. The van der Waals surface area contributed by atoms with E-state index in [4.69, 9.17) is 0 Å². The lowest BCUT2D eigenvalue weighted by Gasteiger charge is -2.32. The molecule has 0 aliphatic carbocycles. The Kier molecular flexibility index (Phi) is 3.98. The minimum absolute atomic E-state index is 0.0164. The Labute approximate surface area is 120 Å². The highest BCUT2D eigenvalue weighted by atomic mass is 19.1. The van der Waals surface area contributed by atoms with Crippen LogP contribution in [0.2, 0.25) is 0 Å². The van der Waals surface area contributed by atoms with Crippen LogP contribution in [0.15, 0.2) is 29.8 Å². The summed E-state index contributed by atoms with van der Waals surface area (Å²) in [6, 6.07) is 4.55. The van der Waals surface area contributed by atoms with Crippen molar-refractivity contribution in [1.29, 1.82) is 0 Å². The molecule has 1 amide bonds. The second-order valence-electron chi connectivity index (χ2n) is 6.44. The Morgan fingerprint density at radius 3 is 2.50 bits per heavy atom. The summed E-state index contributed by atoms with van der Waals surface area (Å²) in [6.45, 7) is 9.64. The van der Waals surface area contributed by atoms with Crippen molar-refractivity contribution >= 4 is 5.91 Å². The number of hydrogen-bond acceptors (Lipinski definition) is 1. The van der Waals surface area contributed by atoms with Crippen LogP contribution in [0.25, 0.3) is 0 Å². The van der Waals surface area contributed by atoms with Gasteiger partial charge in [0, 0.05) is 18.7 Å². The number of hydrogen-bond donors (Lipinski definition) is 0. The van der Waals surface area contributed by atoms with Crippen LogP contribution in [0, 0.1) is 18.2 Å². The van der Waals surface area contributed by atoms with E-state index in [0.29, 0.717) is 17.7 Å². The first-order chi connectivity index (χ1) is 9.29. The van der Waals surface area contributed by atoms with Gasteiger partial charge >= 0.3 is 0 Å². The van der Waals surface area contributed by atoms with E-state index in [1.165, 1.54) is 11.6 Å². The molecule has 0 bridgehead atoms. The Bertz CT molecular complexity index is 555. The molecule has 0 saturated heterocycles. The highest BCUT2D eigenvalue weighted by Gasteiger charge is 2.24. The monoisotopic (exact) mass is 275 g/mol. The molecule has 1 aromatic rings. The maximum absolute atomic E-state index is 13.3. The third kappa shape index (κ3) is 3.09. The number of benzene rings is 1. The van der Waals surface area contributed by atoms with Gasteiger partial charge < -0.3 is 4.90 Å². The van der Waals surface area contributed by atoms with E-state index < -0.39 is 0 Å². The first-order valence-electron chi connectivity index (χ1n) is 7.04. The minimum atomic E-state index is -0.268. The fraction of sp³-hybridized carbons (Fsp3) is 0.471. The van der Waals surface area contributed by atoms with E-state index in [2.05, 4.69) is 26.8 Å². The van der Waals surface area contributed by atoms with Gasteiger partial charge in [0.25, 0.3) is 5.91 Å². The molecule has 1 heterocycles. The number of aryl methyl sites for hydroxylation is 1. The lowest BCUT2D eigenvalue weighted by Crippen LogP contribution is -2.36. The Hall–Kier alpha value is -1.64. The standard InChI is InChI=1S/C17H22FNO/c1-12-11-13(5-6-15(12)18)16(20)19-9-7-14(8-10-19)17(2,3)4/h5-7,11H,8-10H2,1-4H3. The molecule has 0 saturated carbocycles. The van der Waals surface area contributed by atoms with Crippen LogP contribution in [-0.4, -0.2) is 23.9 Å². The van der Waals surface area contributed by atoms with Gasteiger partial charge in [-0.15, -0.1) is 0 Å². The van der Waals surface area contributed by atoms with E-state index in [1.807, 2.05) is 4.90 Å². The lowest BCUT2D eigenvalue weighted by molar-refractivity contribution is 0.0765. The summed E-state index contributed by atoms with van der Waals surface area (Å²) < 4.78 is 13.3. The predicted octanol–water partition coefficient (Wildman–Crippen LogP) is 3.95. The first-order valence-corrected chi connectivity index (χ1v) is 7.04. The van der Waals surface area contributed by atoms with Crippen LogP contribution < -0.4 is 0 Å². The maximum Gasteiger partial charge on any atom is 0.254 e. The topological polar surface area (TPSA) is 20.3 Å². The molecule has 0 N–H and O–H groups in total. The smallest absolute Gasteiger partial charge is 0.254 e. The second-order valence-corrected chi connectivity index (χ2v) is 6.44. The normalized spacial score (nSPS) is 16.1. The van der Waals surface area contributed by atoms with Gasteiger partial charge in [0.15, 0.2) is 0 Å². The van der Waals surface area contributed by atoms with Crippen molar-refractivity contribution in [2.45, 2.75) is 34.1 Å². The molecule has 0 fully saturated rings. The zero-order valence-electron chi connectivity index (χ0n) is 12.7. The van der Waals surface area contributed by atoms with Gasteiger partial charge in [-0.3, -0.25) is 4.79 Å². The average Bonchev–Trinajstić information content (AvgIpc) is 2.40. The number of rotatable bonds is 1.